The Kier molecular flexibility index (Phi) is 4.45. The zero-order valence-corrected chi connectivity index (χ0v) is 9.27. The van der Waals surface area contributed by atoms with Crippen molar-refractivity contribution < 1.29 is 14.3 Å². The summed E-state index contributed by atoms with van der Waals surface area (Å²) in [7, 11) is 2.87. The van der Waals surface area contributed by atoms with Gasteiger partial charge < -0.3 is 9.47 Å². The van der Waals surface area contributed by atoms with Crippen molar-refractivity contribution in [3.63, 3.8) is 0 Å². The molecule has 5 nitrogen and oxygen atoms in total. The largest absolute Gasteiger partial charge is 0.349 e. The lowest BCUT2D eigenvalue weighted by molar-refractivity contribution is -0.0746. The standard InChI is InChI=1S/C10H16N2O3/c1-4-7-12-8(5-6-11-12)9(13)10(14-2)15-3/h5-6,10H,4,7H2,1-3H3. The molecule has 0 saturated heterocycles. The van der Waals surface area contributed by atoms with Crippen LogP contribution in [0.1, 0.15) is 23.8 Å². The van der Waals surface area contributed by atoms with E-state index in [9.17, 15) is 4.79 Å². The molecule has 1 rings (SSSR count). The first-order valence-corrected chi connectivity index (χ1v) is 4.86. The first kappa shape index (κ1) is 11.9. The van der Waals surface area contributed by atoms with Crippen LogP contribution >= 0.6 is 0 Å². The third kappa shape index (κ3) is 2.64. The van der Waals surface area contributed by atoms with E-state index in [0.29, 0.717) is 12.2 Å². The monoisotopic (exact) mass is 212 g/mol. The summed E-state index contributed by atoms with van der Waals surface area (Å²) in [5.74, 6) is -0.203. The van der Waals surface area contributed by atoms with Crippen LogP contribution in [-0.2, 0) is 16.0 Å². The molecule has 0 saturated carbocycles. The highest BCUT2D eigenvalue weighted by Crippen LogP contribution is 2.07. The fourth-order valence-electron chi connectivity index (χ4n) is 1.36. The molecule has 0 aliphatic carbocycles. The number of hydrogen-bond donors (Lipinski definition) is 0. The van der Waals surface area contributed by atoms with E-state index >= 15 is 0 Å². The van der Waals surface area contributed by atoms with E-state index in [0.717, 1.165) is 6.42 Å². The Balaban J connectivity index is 2.84. The molecule has 5 heteroatoms. The van der Waals surface area contributed by atoms with E-state index in [1.54, 1.807) is 16.9 Å². The van der Waals surface area contributed by atoms with E-state index in [1.807, 2.05) is 6.92 Å². The quantitative estimate of drug-likeness (QED) is 0.523. The van der Waals surface area contributed by atoms with Crippen LogP contribution in [0, 0.1) is 0 Å². The van der Waals surface area contributed by atoms with Crippen molar-refractivity contribution in [2.75, 3.05) is 14.2 Å². The predicted octanol–water partition coefficient (Wildman–Crippen LogP) is 1.09. The van der Waals surface area contributed by atoms with Gasteiger partial charge in [-0.3, -0.25) is 9.48 Å². The minimum absolute atomic E-state index is 0.203. The summed E-state index contributed by atoms with van der Waals surface area (Å²) < 4.78 is 11.5. The number of nitrogens with zero attached hydrogens (tertiary/aromatic N) is 2. The Morgan fingerprint density at radius 3 is 2.73 bits per heavy atom. The summed E-state index contributed by atoms with van der Waals surface area (Å²) in [6.07, 6.45) is 1.68. The molecule has 0 unspecified atom stereocenters. The van der Waals surface area contributed by atoms with E-state index in [2.05, 4.69) is 5.10 Å². The van der Waals surface area contributed by atoms with Crippen LogP contribution in [0.4, 0.5) is 0 Å². The summed E-state index contributed by atoms with van der Waals surface area (Å²) in [5, 5.41) is 4.06. The second kappa shape index (κ2) is 5.63. The zero-order chi connectivity index (χ0) is 11.3. The fraction of sp³-hybridized carbons (Fsp3) is 0.600. The van der Waals surface area contributed by atoms with Gasteiger partial charge >= 0.3 is 0 Å². The summed E-state index contributed by atoms with van der Waals surface area (Å²) in [6, 6.07) is 1.67. The van der Waals surface area contributed by atoms with Crippen molar-refractivity contribution in [2.24, 2.45) is 0 Å². The third-order valence-electron chi connectivity index (χ3n) is 2.05. The molecule has 1 aromatic heterocycles. The van der Waals surface area contributed by atoms with E-state index in [1.165, 1.54) is 14.2 Å². The van der Waals surface area contributed by atoms with Crippen LogP contribution in [0.5, 0.6) is 0 Å². The lowest BCUT2D eigenvalue weighted by Crippen LogP contribution is -2.27. The van der Waals surface area contributed by atoms with E-state index in [-0.39, 0.29) is 5.78 Å². The molecule has 0 N–H and O–H groups in total. The zero-order valence-electron chi connectivity index (χ0n) is 9.27. The normalized spacial score (nSPS) is 10.9. The molecule has 0 aromatic carbocycles. The van der Waals surface area contributed by atoms with E-state index in [4.69, 9.17) is 9.47 Å². The molecule has 0 atom stereocenters. The van der Waals surface area contributed by atoms with Gasteiger partial charge in [0.15, 0.2) is 0 Å². The lowest BCUT2D eigenvalue weighted by Gasteiger charge is -2.12. The van der Waals surface area contributed by atoms with Crippen LogP contribution in [0.3, 0.4) is 0 Å². The number of ketones is 1. The van der Waals surface area contributed by atoms with Crippen molar-refractivity contribution in [2.45, 2.75) is 26.2 Å². The van der Waals surface area contributed by atoms with Gasteiger partial charge in [0, 0.05) is 27.0 Å². The topological polar surface area (TPSA) is 53.4 Å². The van der Waals surface area contributed by atoms with Crippen LogP contribution in [-0.4, -0.2) is 36.1 Å². The number of aromatic nitrogens is 2. The minimum Gasteiger partial charge on any atom is -0.349 e. The lowest BCUT2D eigenvalue weighted by atomic mass is 10.2. The van der Waals surface area contributed by atoms with Crippen LogP contribution in [0.2, 0.25) is 0 Å². The Hall–Kier alpha value is -1.20. The van der Waals surface area contributed by atoms with Crippen molar-refractivity contribution in [3.8, 4) is 0 Å². The average Bonchev–Trinajstić information content (AvgIpc) is 2.68. The maximum Gasteiger partial charge on any atom is 0.236 e. The number of carbonyl (C=O) groups is 1. The fourth-order valence-corrected chi connectivity index (χ4v) is 1.36. The van der Waals surface area contributed by atoms with Gasteiger partial charge in [-0.25, -0.2) is 0 Å². The van der Waals surface area contributed by atoms with Gasteiger partial charge in [-0.1, -0.05) is 6.92 Å². The van der Waals surface area contributed by atoms with Gasteiger partial charge in [0.1, 0.15) is 5.69 Å². The number of carbonyl (C=O) groups excluding carboxylic acids is 1. The first-order valence-electron chi connectivity index (χ1n) is 4.86. The van der Waals surface area contributed by atoms with E-state index < -0.39 is 6.29 Å². The molecule has 0 bridgehead atoms. The Bertz CT molecular complexity index is 318. The highest BCUT2D eigenvalue weighted by Gasteiger charge is 2.22. The maximum atomic E-state index is 11.9. The van der Waals surface area contributed by atoms with Crippen LogP contribution in [0.15, 0.2) is 12.3 Å². The summed E-state index contributed by atoms with van der Waals surface area (Å²) in [5.41, 5.74) is 0.519. The number of ether oxygens (including phenoxy) is 2. The van der Waals surface area contributed by atoms with Crippen molar-refractivity contribution in [3.05, 3.63) is 18.0 Å². The number of Topliss-reactive ketones (excluding diaryl/α,β-unsaturated/α-hetero) is 1. The highest BCUT2D eigenvalue weighted by atomic mass is 16.7. The predicted molar refractivity (Wildman–Crippen MR) is 54.7 cm³/mol. The number of aryl methyl sites for hydroxylation is 1. The van der Waals surface area contributed by atoms with Crippen LogP contribution < -0.4 is 0 Å². The second-order valence-corrected chi connectivity index (χ2v) is 3.11. The number of methoxy groups -OCH3 is 2. The molecule has 0 aliphatic rings. The van der Waals surface area contributed by atoms with Gasteiger partial charge in [-0.15, -0.1) is 0 Å². The molecule has 0 amide bonds. The molecule has 84 valence electrons. The molecule has 1 heterocycles. The molecule has 15 heavy (non-hydrogen) atoms. The average molecular weight is 212 g/mol. The highest BCUT2D eigenvalue weighted by molar-refractivity contribution is 5.97. The molecular weight excluding hydrogens is 196 g/mol. The van der Waals surface area contributed by atoms with Crippen molar-refractivity contribution in [1.82, 2.24) is 9.78 Å². The van der Waals surface area contributed by atoms with Gasteiger partial charge in [-0.05, 0) is 12.5 Å². The molecule has 0 radical (unpaired) electrons. The van der Waals surface area contributed by atoms with Gasteiger partial charge in [0.25, 0.3) is 0 Å². The van der Waals surface area contributed by atoms with Gasteiger partial charge in [0.05, 0.1) is 0 Å². The smallest absolute Gasteiger partial charge is 0.236 e. The molecular formula is C10H16N2O3. The summed E-state index contributed by atoms with van der Waals surface area (Å²) >= 11 is 0. The SMILES string of the molecule is CCCn1nccc1C(=O)C(OC)OC. The Morgan fingerprint density at radius 1 is 1.53 bits per heavy atom. The Morgan fingerprint density at radius 2 is 2.20 bits per heavy atom. The summed E-state index contributed by atoms with van der Waals surface area (Å²) in [4.78, 5) is 11.9. The summed E-state index contributed by atoms with van der Waals surface area (Å²) in [6.45, 7) is 2.74. The number of hydrogen-bond acceptors (Lipinski definition) is 4. The molecule has 0 aliphatic heterocycles. The maximum absolute atomic E-state index is 11.9. The number of rotatable bonds is 6. The third-order valence-corrected chi connectivity index (χ3v) is 2.05. The second-order valence-electron chi connectivity index (χ2n) is 3.11. The molecule has 0 fully saturated rings. The van der Waals surface area contributed by atoms with Gasteiger partial charge in [0.2, 0.25) is 12.1 Å². The first-order chi connectivity index (χ1) is 7.24. The Labute approximate surface area is 89.0 Å². The van der Waals surface area contributed by atoms with Gasteiger partial charge in [-0.2, -0.15) is 5.10 Å². The van der Waals surface area contributed by atoms with Crippen LogP contribution in [0.25, 0.3) is 0 Å². The molecule has 0 spiro atoms. The van der Waals surface area contributed by atoms with Crippen molar-refractivity contribution in [1.29, 1.82) is 0 Å². The minimum atomic E-state index is -0.850. The molecule has 1 aromatic rings. The van der Waals surface area contributed by atoms with Crippen molar-refractivity contribution >= 4 is 5.78 Å².